The lowest BCUT2D eigenvalue weighted by atomic mass is 9.97. The molecule has 3 aliphatic rings. The maximum atomic E-state index is 13.6. The molecule has 10 nitrogen and oxygen atoms in total. The van der Waals surface area contributed by atoms with E-state index in [1.54, 1.807) is 29.2 Å². The van der Waals surface area contributed by atoms with Crippen molar-refractivity contribution in [2.45, 2.75) is 110 Å². The van der Waals surface area contributed by atoms with Crippen LogP contribution in [0.15, 0.2) is 30.7 Å². The summed E-state index contributed by atoms with van der Waals surface area (Å²) in [6, 6.07) is 2.83. The Kier molecular flexibility index (Phi) is 12.5. The lowest BCUT2D eigenvalue weighted by Gasteiger charge is -2.32. The number of imidazole rings is 1. The second-order valence-electron chi connectivity index (χ2n) is 11.2. The Morgan fingerprint density at radius 3 is 2.27 bits per heavy atom. The Balaban J connectivity index is 0.000000337. The fraction of sp³-hybridized carbons (Fsp3) is 0.633. The molecule has 1 saturated heterocycles. The van der Waals surface area contributed by atoms with E-state index in [2.05, 4.69) is 25.8 Å². The molecule has 0 unspecified atom stereocenters. The van der Waals surface area contributed by atoms with E-state index in [-0.39, 0.29) is 37.9 Å². The van der Waals surface area contributed by atoms with Gasteiger partial charge in [-0.1, -0.05) is 39.5 Å². The molecule has 3 fully saturated rings. The highest BCUT2D eigenvalue weighted by Gasteiger charge is 2.38. The number of aromatic nitrogens is 5. The molecular weight excluding hydrogens is 580 g/mol. The number of halogens is 4. The first-order valence-electron chi connectivity index (χ1n) is 15.4. The summed E-state index contributed by atoms with van der Waals surface area (Å²) in [5.41, 5.74) is 2.09. The smallest absolute Gasteiger partial charge is 0.318 e. The van der Waals surface area contributed by atoms with Crippen LogP contribution in [-0.4, -0.2) is 66.2 Å². The van der Waals surface area contributed by atoms with Crippen LogP contribution in [0, 0.1) is 0 Å². The summed E-state index contributed by atoms with van der Waals surface area (Å²) in [4.78, 5) is 29.8. The molecule has 44 heavy (non-hydrogen) atoms. The Bertz CT molecular complexity index is 1350. The number of hydrogen-bond donors (Lipinski definition) is 2. The molecule has 4 heterocycles. The molecular formula is C30H44F4N8O2. The Labute approximate surface area is 255 Å². The predicted molar refractivity (Wildman–Crippen MR) is 159 cm³/mol. The number of fused-ring (bicyclic) bond motifs is 1. The summed E-state index contributed by atoms with van der Waals surface area (Å²) < 4.78 is 54.7. The van der Waals surface area contributed by atoms with Gasteiger partial charge in [0.05, 0.1) is 37.7 Å². The Morgan fingerprint density at radius 2 is 1.68 bits per heavy atom. The summed E-state index contributed by atoms with van der Waals surface area (Å²) in [5, 5.41) is 13.4. The van der Waals surface area contributed by atoms with Crippen molar-refractivity contribution in [1.82, 2.24) is 39.9 Å². The van der Waals surface area contributed by atoms with E-state index in [0.717, 1.165) is 11.3 Å². The zero-order valence-electron chi connectivity index (χ0n) is 26.0. The van der Waals surface area contributed by atoms with Crippen molar-refractivity contribution in [2.24, 2.45) is 0 Å². The lowest BCUT2D eigenvalue weighted by molar-refractivity contribution is -0.0368. The van der Waals surface area contributed by atoms with Crippen molar-refractivity contribution in [3.63, 3.8) is 0 Å². The van der Waals surface area contributed by atoms with Crippen molar-refractivity contribution in [1.29, 1.82) is 0 Å². The van der Waals surface area contributed by atoms with Gasteiger partial charge in [0.25, 0.3) is 11.8 Å². The number of nitrogens with zero attached hydrogens (tertiary/aromatic N) is 6. The second-order valence-corrected chi connectivity index (χ2v) is 11.2. The molecule has 0 atom stereocenters. The van der Waals surface area contributed by atoms with Gasteiger partial charge in [0.1, 0.15) is 5.69 Å². The van der Waals surface area contributed by atoms with Gasteiger partial charge in [-0.15, -0.1) is 0 Å². The highest BCUT2D eigenvalue weighted by atomic mass is 19.3. The van der Waals surface area contributed by atoms with Crippen LogP contribution < -0.4 is 10.6 Å². The molecule has 2 aliphatic carbocycles. The van der Waals surface area contributed by atoms with Crippen molar-refractivity contribution in [3.8, 4) is 0 Å². The normalized spacial score (nSPS) is 18.1. The first-order chi connectivity index (χ1) is 20.9. The Morgan fingerprint density at radius 1 is 1.02 bits per heavy atom. The highest BCUT2D eigenvalue weighted by molar-refractivity contribution is 5.92. The van der Waals surface area contributed by atoms with Crippen LogP contribution in [-0.2, 0) is 13.1 Å². The van der Waals surface area contributed by atoms with Crippen LogP contribution in [0.2, 0.25) is 0 Å². The first-order valence-corrected chi connectivity index (χ1v) is 15.4. The summed E-state index contributed by atoms with van der Waals surface area (Å²) >= 11 is 0. The van der Waals surface area contributed by atoms with Gasteiger partial charge in [0.2, 0.25) is 5.92 Å². The number of hydrogen-bond acceptors (Lipinski definition) is 5. The molecule has 2 saturated carbocycles. The summed E-state index contributed by atoms with van der Waals surface area (Å²) in [6.45, 7) is 6.73. The highest BCUT2D eigenvalue weighted by Crippen LogP contribution is 2.32. The number of carbonyl (C=O) groups excluding carboxylic acids is 2. The first kappa shape index (κ1) is 34.8. The van der Waals surface area contributed by atoms with Crippen molar-refractivity contribution < 1.29 is 27.2 Å². The molecule has 3 amide bonds. The van der Waals surface area contributed by atoms with Crippen LogP contribution in [0.4, 0.5) is 22.4 Å². The average molecular weight is 625 g/mol. The van der Waals surface area contributed by atoms with Gasteiger partial charge in [-0.05, 0) is 44.4 Å². The summed E-state index contributed by atoms with van der Waals surface area (Å²) in [7, 11) is 0. The van der Waals surface area contributed by atoms with Gasteiger partial charge in [-0.2, -0.15) is 10.2 Å². The van der Waals surface area contributed by atoms with Crippen molar-refractivity contribution in [3.05, 3.63) is 47.7 Å². The minimum Gasteiger partial charge on any atom is -0.345 e. The predicted octanol–water partition coefficient (Wildman–Crippen LogP) is 6.38. The zero-order valence-corrected chi connectivity index (χ0v) is 26.0. The topological polar surface area (TPSA) is 109 Å². The van der Waals surface area contributed by atoms with E-state index in [4.69, 9.17) is 0 Å². The third kappa shape index (κ3) is 10.8. The maximum absolute atomic E-state index is 13.6. The summed E-state index contributed by atoms with van der Waals surface area (Å²) in [6.07, 6.45) is 11.9. The van der Waals surface area contributed by atoms with Crippen molar-refractivity contribution >= 4 is 17.6 Å². The van der Waals surface area contributed by atoms with E-state index in [9.17, 15) is 27.2 Å². The molecule has 3 aromatic rings. The Hall–Kier alpha value is -3.71. The van der Waals surface area contributed by atoms with Gasteiger partial charge >= 0.3 is 6.03 Å². The number of urea groups is 1. The van der Waals surface area contributed by atoms with E-state index in [1.165, 1.54) is 30.0 Å². The van der Waals surface area contributed by atoms with Crippen molar-refractivity contribution in [2.75, 3.05) is 13.1 Å². The van der Waals surface area contributed by atoms with Gasteiger partial charge in [-0.25, -0.2) is 31.9 Å². The van der Waals surface area contributed by atoms with Gasteiger partial charge in [0.15, 0.2) is 5.65 Å². The average Bonchev–Trinajstić information content (AvgIpc) is 3.68. The molecule has 0 bridgehead atoms. The van der Waals surface area contributed by atoms with E-state index >= 15 is 0 Å². The fourth-order valence-corrected chi connectivity index (χ4v) is 4.44. The third-order valence-corrected chi connectivity index (χ3v) is 6.77. The second kappa shape index (κ2) is 15.8. The number of nitrogens with one attached hydrogen (secondary N) is 2. The standard InChI is InChI=1S/C19H22F2N8O2.C6H10F2.C3H6.C2H6/c1-12(2)29-15(3-4-24-29)17(30)22-7-14-9-28-16(26-14)5-13(6-25-28)8-27-11-19(20,21)10-23-18(27)31;7-6(8)4-2-1-3-5-6;1-2-3-1;1-2/h3-6,9,12H,7-8,10-11H2,1-2H3,(H,22,30)(H,23,31);1-5H2;1-3H2;1-2H3. The molecule has 0 radical (unpaired) electrons. The maximum Gasteiger partial charge on any atom is 0.318 e. The number of rotatable bonds is 6. The van der Waals surface area contributed by atoms with Crippen LogP contribution in [0.25, 0.3) is 5.65 Å². The molecule has 6 rings (SSSR count). The summed E-state index contributed by atoms with van der Waals surface area (Å²) in [5.74, 6) is -5.57. The van der Waals surface area contributed by atoms with Crippen LogP contribution in [0.3, 0.4) is 0 Å². The molecule has 2 N–H and O–H groups in total. The number of amides is 3. The SMILES string of the molecule is C1CC1.CC.CC(C)n1nccc1C(=O)NCc1cn2ncc(CN3CC(F)(F)CNC3=O)cc2n1.FC1(F)CCCCC1. The van der Waals surface area contributed by atoms with Crippen LogP contribution in [0.1, 0.15) is 107 Å². The quantitative estimate of drug-likeness (QED) is 0.310. The van der Waals surface area contributed by atoms with Crippen LogP contribution >= 0.6 is 0 Å². The molecule has 0 spiro atoms. The zero-order chi connectivity index (χ0) is 32.3. The number of alkyl halides is 4. The fourth-order valence-electron chi connectivity index (χ4n) is 4.44. The lowest BCUT2D eigenvalue weighted by Crippen LogP contribution is -2.56. The largest absolute Gasteiger partial charge is 0.345 e. The van der Waals surface area contributed by atoms with E-state index < -0.39 is 31.0 Å². The van der Waals surface area contributed by atoms with Crippen LogP contribution in [0.5, 0.6) is 0 Å². The molecule has 244 valence electrons. The van der Waals surface area contributed by atoms with E-state index in [0.29, 0.717) is 35.4 Å². The van der Waals surface area contributed by atoms with Gasteiger partial charge in [-0.3, -0.25) is 9.48 Å². The number of carbonyl (C=O) groups is 2. The minimum atomic E-state index is -2.98. The van der Waals surface area contributed by atoms with Gasteiger partial charge < -0.3 is 15.5 Å². The molecule has 0 aromatic carbocycles. The third-order valence-electron chi connectivity index (χ3n) is 6.77. The van der Waals surface area contributed by atoms with Gasteiger partial charge in [0, 0.05) is 31.6 Å². The minimum absolute atomic E-state index is 0.0109. The molecule has 1 aliphatic heterocycles. The van der Waals surface area contributed by atoms with E-state index in [1.807, 2.05) is 27.7 Å². The molecule has 14 heteroatoms. The molecule has 3 aromatic heterocycles. The monoisotopic (exact) mass is 624 g/mol.